The van der Waals surface area contributed by atoms with Gasteiger partial charge in [-0.25, -0.2) is 4.90 Å². The Balaban J connectivity index is 1.82. The quantitative estimate of drug-likeness (QED) is 0.489. The molecule has 3 aromatic carbocycles. The number of carbonyl (C=O) groups is 2. The fraction of sp³-hybridized carbons (Fsp3) is 0.154. The first-order valence-electron chi connectivity index (χ1n) is 10.4. The third-order valence-electron chi connectivity index (χ3n) is 5.45. The lowest BCUT2D eigenvalue weighted by Crippen LogP contribution is -2.33. The van der Waals surface area contributed by atoms with Crippen molar-refractivity contribution < 1.29 is 14.3 Å². The summed E-state index contributed by atoms with van der Waals surface area (Å²) in [4.78, 5) is 28.4. The molecule has 1 aliphatic rings. The lowest BCUT2D eigenvalue weighted by atomic mass is 10.0. The molecule has 162 valence electrons. The van der Waals surface area contributed by atoms with Gasteiger partial charge >= 0.3 is 0 Å². The van der Waals surface area contributed by atoms with Crippen LogP contribution in [0.15, 0.2) is 72.4 Å². The molecule has 0 aromatic heterocycles. The summed E-state index contributed by atoms with van der Waals surface area (Å²) in [5.74, 6) is -0.112. The molecule has 0 spiro atoms. The molecule has 0 atom stereocenters. The maximum atomic E-state index is 13.6. The number of nitrogens with zero attached hydrogens (tertiary/aromatic N) is 1. The highest BCUT2D eigenvalue weighted by Gasteiger charge is 2.41. The van der Waals surface area contributed by atoms with E-state index in [4.69, 9.17) is 16.3 Å². The van der Waals surface area contributed by atoms with Crippen molar-refractivity contribution in [3.05, 3.63) is 94.1 Å². The van der Waals surface area contributed by atoms with Crippen LogP contribution in [0.1, 0.15) is 23.6 Å². The zero-order chi connectivity index (χ0) is 22.8. The van der Waals surface area contributed by atoms with Crippen LogP contribution >= 0.6 is 11.6 Å². The first kappa shape index (κ1) is 21.7. The van der Waals surface area contributed by atoms with Crippen LogP contribution in [-0.4, -0.2) is 18.4 Å². The molecule has 0 radical (unpaired) electrons. The molecule has 0 bridgehead atoms. The summed E-state index contributed by atoms with van der Waals surface area (Å²) in [6.07, 6.45) is 0. The standard InChI is InChI=1S/C26H23ClN2O3/c1-4-32-21-9-6-8-20(15-21)28-24-23(18-11-13-19(27)14-12-18)25(30)29(26(24)31)22-10-5-7-16(2)17(22)3/h5-15,28H,4H2,1-3H3. The predicted octanol–water partition coefficient (Wildman–Crippen LogP) is 5.75. The van der Waals surface area contributed by atoms with Gasteiger partial charge in [-0.2, -0.15) is 0 Å². The summed E-state index contributed by atoms with van der Waals surface area (Å²) in [7, 11) is 0. The van der Waals surface area contributed by atoms with E-state index >= 15 is 0 Å². The molecule has 32 heavy (non-hydrogen) atoms. The number of hydrogen-bond acceptors (Lipinski definition) is 4. The first-order valence-corrected chi connectivity index (χ1v) is 10.7. The highest BCUT2D eigenvalue weighted by Crippen LogP contribution is 2.36. The maximum Gasteiger partial charge on any atom is 0.282 e. The zero-order valence-corrected chi connectivity index (χ0v) is 18.9. The number of rotatable bonds is 6. The van der Waals surface area contributed by atoms with E-state index in [2.05, 4.69) is 5.32 Å². The highest BCUT2D eigenvalue weighted by molar-refractivity contribution is 6.46. The van der Waals surface area contributed by atoms with E-state index in [1.807, 2.05) is 51.1 Å². The maximum absolute atomic E-state index is 13.6. The van der Waals surface area contributed by atoms with Crippen LogP contribution in [-0.2, 0) is 9.59 Å². The van der Waals surface area contributed by atoms with Gasteiger partial charge in [-0.15, -0.1) is 0 Å². The molecular weight excluding hydrogens is 424 g/mol. The summed E-state index contributed by atoms with van der Waals surface area (Å²) in [5.41, 5.74) is 4.24. The number of imide groups is 1. The lowest BCUT2D eigenvalue weighted by Gasteiger charge is -2.19. The van der Waals surface area contributed by atoms with Gasteiger partial charge in [0.2, 0.25) is 0 Å². The van der Waals surface area contributed by atoms with E-state index in [1.165, 1.54) is 4.90 Å². The molecule has 2 amide bonds. The van der Waals surface area contributed by atoms with Crippen molar-refractivity contribution >= 4 is 40.4 Å². The van der Waals surface area contributed by atoms with E-state index in [9.17, 15) is 9.59 Å². The second-order valence-electron chi connectivity index (χ2n) is 7.51. The number of aryl methyl sites for hydroxylation is 1. The van der Waals surface area contributed by atoms with Gasteiger partial charge in [-0.05, 0) is 67.8 Å². The largest absolute Gasteiger partial charge is 0.494 e. The summed E-state index contributed by atoms with van der Waals surface area (Å²) in [5, 5.41) is 3.72. The molecule has 3 aromatic rings. The lowest BCUT2D eigenvalue weighted by molar-refractivity contribution is -0.120. The SMILES string of the molecule is CCOc1cccc(NC2=C(c3ccc(Cl)cc3)C(=O)N(c3cccc(C)c3C)C2=O)c1. The second-order valence-corrected chi connectivity index (χ2v) is 7.94. The Kier molecular flexibility index (Phi) is 6.01. The van der Waals surface area contributed by atoms with Crippen LogP contribution < -0.4 is 15.0 Å². The Labute approximate surface area is 192 Å². The molecule has 5 nitrogen and oxygen atoms in total. The fourth-order valence-corrected chi connectivity index (χ4v) is 3.83. The zero-order valence-electron chi connectivity index (χ0n) is 18.1. The van der Waals surface area contributed by atoms with Crippen LogP contribution in [0.4, 0.5) is 11.4 Å². The van der Waals surface area contributed by atoms with Gasteiger partial charge in [0.15, 0.2) is 0 Å². The summed E-state index contributed by atoms with van der Waals surface area (Å²) < 4.78 is 5.57. The van der Waals surface area contributed by atoms with Crippen LogP contribution in [0.3, 0.4) is 0 Å². The van der Waals surface area contributed by atoms with E-state index in [1.54, 1.807) is 36.4 Å². The average Bonchev–Trinajstić information content (AvgIpc) is 3.01. The van der Waals surface area contributed by atoms with Gasteiger partial charge in [-0.1, -0.05) is 41.9 Å². The van der Waals surface area contributed by atoms with Gasteiger partial charge in [0.1, 0.15) is 11.4 Å². The van der Waals surface area contributed by atoms with Crippen molar-refractivity contribution in [3.8, 4) is 5.75 Å². The van der Waals surface area contributed by atoms with E-state index in [-0.39, 0.29) is 11.6 Å². The van der Waals surface area contributed by atoms with E-state index in [0.717, 1.165) is 11.1 Å². The summed E-state index contributed by atoms with van der Waals surface area (Å²) >= 11 is 6.05. The number of hydrogen-bond donors (Lipinski definition) is 1. The molecule has 0 unspecified atom stereocenters. The van der Waals surface area contributed by atoms with Crippen LogP contribution in [0.5, 0.6) is 5.75 Å². The monoisotopic (exact) mass is 446 g/mol. The van der Waals surface area contributed by atoms with Crippen molar-refractivity contribution in [2.45, 2.75) is 20.8 Å². The summed E-state index contributed by atoms with van der Waals surface area (Å²) in [6, 6.07) is 19.8. The Hall–Kier alpha value is -3.57. The number of ether oxygens (including phenoxy) is 1. The Morgan fingerprint density at radius 3 is 2.38 bits per heavy atom. The van der Waals surface area contributed by atoms with Crippen molar-refractivity contribution in [2.24, 2.45) is 0 Å². The normalized spacial score (nSPS) is 13.7. The minimum atomic E-state index is -0.407. The number of halogens is 1. The number of benzene rings is 3. The Morgan fingerprint density at radius 2 is 1.66 bits per heavy atom. The van der Waals surface area contributed by atoms with Crippen LogP contribution in [0.25, 0.3) is 5.57 Å². The van der Waals surface area contributed by atoms with E-state index in [0.29, 0.717) is 39.9 Å². The molecule has 0 saturated carbocycles. The smallest absolute Gasteiger partial charge is 0.282 e. The molecule has 0 aliphatic carbocycles. The molecular formula is C26H23ClN2O3. The Bertz CT molecular complexity index is 1230. The Morgan fingerprint density at radius 1 is 0.938 bits per heavy atom. The average molecular weight is 447 g/mol. The number of nitrogens with one attached hydrogen (secondary N) is 1. The van der Waals surface area contributed by atoms with Gasteiger partial charge in [-0.3, -0.25) is 9.59 Å². The molecule has 1 N–H and O–H groups in total. The van der Waals surface area contributed by atoms with Crippen LogP contribution in [0.2, 0.25) is 5.02 Å². The third-order valence-corrected chi connectivity index (χ3v) is 5.70. The van der Waals surface area contributed by atoms with Crippen LogP contribution in [0, 0.1) is 13.8 Å². The number of carbonyl (C=O) groups excluding carboxylic acids is 2. The van der Waals surface area contributed by atoms with Gasteiger partial charge in [0.25, 0.3) is 11.8 Å². The third kappa shape index (κ3) is 3.99. The van der Waals surface area contributed by atoms with E-state index < -0.39 is 5.91 Å². The van der Waals surface area contributed by atoms with Gasteiger partial charge in [0, 0.05) is 16.8 Å². The molecule has 0 fully saturated rings. The van der Waals surface area contributed by atoms with Crippen molar-refractivity contribution in [2.75, 3.05) is 16.8 Å². The minimum absolute atomic E-state index is 0.215. The van der Waals surface area contributed by atoms with Crippen molar-refractivity contribution in [1.82, 2.24) is 0 Å². The molecule has 4 rings (SSSR count). The van der Waals surface area contributed by atoms with Crippen molar-refractivity contribution in [1.29, 1.82) is 0 Å². The van der Waals surface area contributed by atoms with Gasteiger partial charge < -0.3 is 10.1 Å². The topological polar surface area (TPSA) is 58.6 Å². The second kappa shape index (κ2) is 8.89. The molecule has 6 heteroatoms. The fourth-order valence-electron chi connectivity index (χ4n) is 3.70. The molecule has 1 heterocycles. The highest BCUT2D eigenvalue weighted by atomic mass is 35.5. The first-order chi connectivity index (χ1) is 15.4. The molecule has 0 saturated heterocycles. The summed E-state index contributed by atoms with van der Waals surface area (Å²) in [6.45, 7) is 6.29. The van der Waals surface area contributed by atoms with Gasteiger partial charge in [0.05, 0.1) is 17.9 Å². The molecule has 1 aliphatic heterocycles. The number of amides is 2. The minimum Gasteiger partial charge on any atom is -0.494 e. The van der Waals surface area contributed by atoms with Crippen molar-refractivity contribution in [3.63, 3.8) is 0 Å². The predicted molar refractivity (Wildman–Crippen MR) is 128 cm³/mol. The number of anilines is 2.